The second-order valence-electron chi connectivity index (χ2n) is 27.6. The van der Waals surface area contributed by atoms with E-state index >= 15 is 0 Å². The number of halogens is 4. The molecule has 4 amide bonds. The zero-order valence-corrected chi connectivity index (χ0v) is 52.6. The number of amides is 4. The number of pyridine rings is 4. The summed E-state index contributed by atoms with van der Waals surface area (Å²) in [6.07, 6.45) is 44.8. The summed E-state index contributed by atoms with van der Waals surface area (Å²) in [4.78, 5) is 65.5. The Labute approximate surface area is 542 Å². The van der Waals surface area contributed by atoms with Crippen LogP contribution in [0.2, 0.25) is 0 Å². The number of aromatic nitrogens is 4. The van der Waals surface area contributed by atoms with Gasteiger partial charge < -0.3 is 81.8 Å². The first-order valence-electron chi connectivity index (χ1n) is 29.8. The molecule has 20 rings (SSSR count). The molecule has 4 heterocycles. The molecule has 16 aliphatic carbocycles. The molecule has 0 aromatic carbocycles. The van der Waals surface area contributed by atoms with Crippen molar-refractivity contribution in [2.24, 2.45) is 71.0 Å². The van der Waals surface area contributed by atoms with Crippen LogP contribution in [0, 0.1) is 71.0 Å². The van der Waals surface area contributed by atoms with Crippen molar-refractivity contribution in [2.45, 2.75) is 176 Å². The van der Waals surface area contributed by atoms with Gasteiger partial charge in [0.1, 0.15) is 0 Å². The van der Waals surface area contributed by atoms with E-state index in [1.54, 1.807) is 98.1 Å². The van der Waals surface area contributed by atoms with E-state index in [1.165, 1.54) is 154 Å². The third-order valence-electron chi connectivity index (χ3n) is 21.4. The van der Waals surface area contributed by atoms with Crippen molar-refractivity contribution in [3.05, 3.63) is 120 Å². The molecule has 16 bridgehead atoms. The van der Waals surface area contributed by atoms with Crippen LogP contribution in [-0.2, 0) is 34.1 Å². The number of rotatable bonds is 8. The van der Waals surface area contributed by atoms with Gasteiger partial charge in [0.2, 0.25) is 0 Å². The fourth-order valence-corrected chi connectivity index (χ4v) is 20.3. The van der Waals surface area contributed by atoms with E-state index < -0.39 is 0 Å². The minimum atomic E-state index is 0. The van der Waals surface area contributed by atoms with Crippen molar-refractivity contribution in [1.29, 1.82) is 0 Å². The standard InChI is InChI=1S/4C16H20N2O.4ClH.2Cu.2H2O/c4*19-15(14-1-3-17-4-2-14)18-16-8-11-5-12(9-16)7-13(6-11)10-16;;;;;;;;/h4*1-4,11-13H,5-10H2,(H,18,19);4*1H;;;2*1H2/q;;;;;;;;2*+2;;/p-4. The van der Waals surface area contributed by atoms with Gasteiger partial charge in [0.15, 0.2) is 0 Å². The predicted molar refractivity (Wildman–Crippen MR) is 298 cm³/mol. The van der Waals surface area contributed by atoms with E-state index in [2.05, 4.69) is 41.2 Å². The van der Waals surface area contributed by atoms with Crippen LogP contribution < -0.4 is 70.9 Å². The van der Waals surface area contributed by atoms with E-state index in [0.29, 0.717) is 0 Å². The number of nitrogens with zero attached hydrogens (tertiary/aromatic N) is 4. The maximum Gasteiger partial charge on any atom is 2.00 e. The summed E-state index contributed by atoms with van der Waals surface area (Å²) in [5.41, 5.74) is 3.39. The Balaban J connectivity index is 0.000000199. The second-order valence-corrected chi connectivity index (χ2v) is 27.6. The topological polar surface area (TPSA) is 231 Å². The van der Waals surface area contributed by atoms with Crippen molar-refractivity contribution in [1.82, 2.24) is 41.2 Å². The first-order chi connectivity index (χ1) is 36.9. The Bertz CT molecular complexity index is 2260. The molecular formula is C64H84Cl4Cu2N8O6. The summed E-state index contributed by atoms with van der Waals surface area (Å²) in [6.45, 7) is 0. The Hall–Kier alpha value is -3.40. The van der Waals surface area contributed by atoms with E-state index in [1.807, 2.05) is 0 Å². The van der Waals surface area contributed by atoms with Crippen molar-refractivity contribution in [2.75, 3.05) is 0 Å². The van der Waals surface area contributed by atoms with Crippen LogP contribution in [0.4, 0.5) is 0 Å². The van der Waals surface area contributed by atoms with Gasteiger partial charge in [-0.3, -0.25) is 39.1 Å². The van der Waals surface area contributed by atoms with Gasteiger partial charge in [0.25, 0.3) is 23.6 Å². The molecule has 0 unspecified atom stereocenters. The van der Waals surface area contributed by atoms with Crippen LogP contribution in [0.5, 0.6) is 0 Å². The number of carbonyl (C=O) groups is 4. The molecule has 2 radical (unpaired) electrons. The van der Waals surface area contributed by atoms with Crippen molar-refractivity contribution in [3.63, 3.8) is 0 Å². The largest absolute Gasteiger partial charge is 2.00 e. The first kappa shape index (κ1) is 71.4. The van der Waals surface area contributed by atoms with Gasteiger partial charge in [0, 0.05) is 94.0 Å². The zero-order valence-electron chi connectivity index (χ0n) is 47.7. The zero-order chi connectivity index (χ0) is 51.5. The Morgan fingerprint density at radius 1 is 0.274 bits per heavy atom. The summed E-state index contributed by atoms with van der Waals surface area (Å²) in [7, 11) is 0. The van der Waals surface area contributed by atoms with E-state index in [0.717, 1.165) is 93.3 Å². The molecular weight excluding hydrogens is 1250 g/mol. The van der Waals surface area contributed by atoms with Crippen LogP contribution in [0.1, 0.15) is 196 Å². The van der Waals surface area contributed by atoms with Gasteiger partial charge in [-0.2, -0.15) is 0 Å². The molecule has 16 aliphatic rings. The third kappa shape index (κ3) is 15.9. The average molecular weight is 1330 g/mol. The molecule has 84 heavy (non-hydrogen) atoms. The number of nitrogens with one attached hydrogen (secondary N) is 4. The van der Waals surface area contributed by atoms with Gasteiger partial charge in [-0.15, -0.1) is 0 Å². The Morgan fingerprint density at radius 2 is 0.393 bits per heavy atom. The molecule has 16 fully saturated rings. The fraction of sp³-hybridized carbons (Fsp3) is 0.625. The SMILES string of the molecule is O.O.O=C(NC12CC3CC(CC(C3)C1)C2)c1ccncc1.O=C(NC12CC3CC(CC(C3)C1)C2)c1ccncc1.O=C(NC12CC3CC(CC(C3)C1)C2)c1ccncc1.O=C(NC12CC3CC(CC(C3)C1)C2)c1ccncc1.[Cl-].[Cl-].[Cl-].[Cl-].[Cu+2].[Cu+2]. The van der Waals surface area contributed by atoms with Crippen LogP contribution in [0.25, 0.3) is 0 Å². The maximum atomic E-state index is 12.4. The smallest absolute Gasteiger partial charge is 1.00 e. The van der Waals surface area contributed by atoms with E-state index in [9.17, 15) is 19.2 Å². The van der Waals surface area contributed by atoms with Gasteiger partial charge >= 0.3 is 34.1 Å². The van der Waals surface area contributed by atoms with E-state index in [4.69, 9.17) is 0 Å². The minimum absolute atomic E-state index is 0. The van der Waals surface area contributed by atoms with Crippen LogP contribution in [0.15, 0.2) is 98.1 Å². The summed E-state index contributed by atoms with van der Waals surface area (Å²) < 4.78 is 0. The molecule has 14 nitrogen and oxygen atoms in total. The molecule has 20 heteroatoms. The van der Waals surface area contributed by atoms with Crippen molar-refractivity contribution < 1.29 is 114 Å². The number of hydrogen-bond donors (Lipinski definition) is 4. The van der Waals surface area contributed by atoms with Crippen molar-refractivity contribution in [3.8, 4) is 0 Å². The molecule has 0 saturated heterocycles. The average Bonchev–Trinajstić information content (AvgIpc) is 3.38. The molecule has 4 aromatic heterocycles. The van der Waals surface area contributed by atoms with Gasteiger partial charge in [-0.05, 0) is 274 Å². The molecule has 0 spiro atoms. The summed E-state index contributed by atoms with van der Waals surface area (Å²) in [6, 6.07) is 14.4. The normalized spacial score (nSPS) is 35.5. The first-order valence-corrected chi connectivity index (χ1v) is 29.8. The third-order valence-corrected chi connectivity index (χ3v) is 21.4. The molecule has 466 valence electrons. The molecule has 0 aliphatic heterocycles. The van der Waals surface area contributed by atoms with Crippen LogP contribution >= 0.6 is 0 Å². The summed E-state index contributed by atoms with van der Waals surface area (Å²) in [5, 5.41) is 13.5. The fourth-order valence-electron chi connectivity index (χ4n) is 20.3. The number of carbonyl (C=O) groups excluding carboxylic acids is 4. The van der Waals surface area contributed by atoms with Crippen molar-refractivity contribution >= 4 is 23.6 Å². The Kier molecular flexibility index (Phi) is 25.3. The van der Waals surface area contributed by atoms with Crippen LogP contribution in [-0.4, -0.2) is 76.7 Å². The predicted octanol–water partition coefficient (Wildman–Crippen LogP) is -2.52. The van der Waals surface area contributed by atoms with E-state index in [-0.39, 0.29) is 141 Å². The van der Waals surface area contributed by atoms with Gasteiger partial charge in [-0.1, -0.05) is 0 Å². The van der Waals surface area contributed by atoms with Crippen LogP contribution in [0.3, 0.4) is 0 Å². The van der Waals surface area contributed by atoms with Gasteiger partial charge in [0.05, 0.1) is 0 Å². The molecule has 8 N–H and O–H groups in total. The number of hydrogen-bond acceptors (Lipinski definition) is 8. The molecule has 4 aromatic rings. The second kappa shape index (κ2) is 29.7. The maximum absolute atomic E-state index is 12.4. The summed E-state index contributed by atoms with van der Waals surface area (Å²) in [5.74, 6) is 10.7. The Morgan fingerprint density at radius 3 is 0.512 bits per heavy atom. The molecule has 0 atom stereocenters. The minimum Gasteiger partial charge on any atom is -1.00 e. The summed E-state index contributed by atoms with van der Waals surface area (Å²) >= 11 is 0. The molecule has 16 saturated carbocycles. The van der Waals surface area contributed by atoms with Gasteiger partial charge in [-0.25, -0.2) is 0 Å². The quantitative estimate of drug-likeness (QED) is 0.137. The monoisotopic (exact) mass is 1330 g/mol.